The molecule has 0 unspecified atom stereocenters. The third kappa shape index (κ3) is 3.88. The van der Waals surface area contributed by atoms with Crippen LogP contribution in [0.4, 0.5) is 11.4 Å². The van der Waals surface area contributed by atoms with Gasteiger partial charge in [0.2, 0.25) is 0 Å². The van der Waals surface area contributed by atoms with Crippen molar-refractivity contribution in [3.05, 3.63) is 81.0 Å². The van der Waals surface area contributed by atoms with Crippen LogP contribution in [0.1, 0.15) is 5.76 Å². The van der Waals surface area contributed by atoms with E-state index >= 15 is 0 Å². The van der Waals surface area contributed by atoms with Crippen molar-refractivity contribution in [1.29, 1.82) is 0 Å². The van der Waals surface area contributed by atoms with Crippen LogP contribution >= 0.6 is 15.9 Å². The summed E-state index contributed by atoms with van der Waals surface area (Å²) in [5.74, 6) is 1.35. The van der Waals surface area contributed by atoms with Gasteiger partial charge in [-0.3, -0.25) is 15.5 Å². The number of hydrogen-bond donors (Lipinski definition) is 1. The molecule has 1 aromatic heterocycles. The van der Waals surface area contributed by atoms with Crippen LogP contribution in [-0.2, 0) is 0 Å². The number of halogens is 1. The molecular formula is C17H12BrN3O3. The third-order valence-corrected chi connectivity index (χ3v) is 3.75. The molecule has 0 atom stereocenters. The molecule has 0 saturated carbocycles. The zero-order valence-corrected chi connectivity index (χ0v) is 13.9. The first-order valence-corrected chi connectivity index (χ1v) is 7.80. The summed E-state index contributed by atoms with van der Waals surface area (Å²) < 4.78 is 6.71. The molecular weight excluding hydrogens is 374 g/mol. The molecule has 0 aliphatic heterocycles. The molecule has 0 bridgehead atoms. The highest BCUT2D eigenvalue weighted by Gasteiger charge is 2.04. The summed E-state index contributed by atoms with van der Waals surface area (Å²) in [6.07, 6.45) is 1.55. The Bertz CT molecular complexity index is 871. The minimum absolute atomic E-state index is 0.0368. The van der Waals surface area contributed by atoms with Crippen molar-refractivity contribution >= 4 is 33.5 Å². The summed E-state index contributed by atoms with van der Waals surface area (Å²) in [4.78, 5) is 10.1. The number of nitro groups is 1. The van der Waals surface area contributed by atoms with E-state index in [4.69, 9.17) is 4.42 Å². The zero-order chi connectivity index (χ0) is 16.9. The molecule has 0 amide bonds. The summed E-state index contributed by atoms with van der Waals surface area (Å²) in [7, 11) is 0. The van der Waals surface area contributed by atoms with Crippen molar-refractivity contribution in [2.75, 3.05) is 5.43 Å². The van der Waals surface area contributed by atoms with E-state index in [0.717, 1.165) is 15.8 Å². The molecule has 1 heterocycles. The van der Waals surface area contributed by atoms with Crippen LogP contribution in [0.15, 0.2) is 74.7 Å². The Kier molecular flexibility index (Phi) is 4.72. The second kappa shape index (κ2) is 7.10. The topological polar surface area (TPSA) is 80.7 Å². The molecule has 2 aromatic carbocycles. The van der Waals surface area contributed by atoms with Gasteiger partial charge in [0.05, 0.1) is 16.8 Å². The molecule has 0 aliphatic rings. The van der Waals surface area contributed by atoms with Crippen LogP contribution in [0.5, 0.6) is 0 Å². The number of hydrogen-bond acceptors (Lipinski definition) is 5. The first kappa shape index (κ1) is 15.9. The number of benzene rings is 2. The van der Waals surface area contributed by atoms with Gasteiger partial charge < -0.3 is 4.42 Å². The highest BCUT2D eigenvalue weighted by Crippen LogP contribution is 2.23. The largest absolute Gasteiger partial charge is 0.455 e. The lowest BCUT2D eigenvalue weighted by molar-refractivity contribution is -0.384. The first-order valence-electron chi connectivity index (χ1n) is 7.01. The number of furan rings is 1. The zero-order valence-electron chi connectivity index (χ0n) is 12.3. The molecule has 0 spiro atoms. The van der Waals surface area contributed by atoms with Gasteiger partial charge in [0.15, 0.2) is 0 Å². The van der Waals surface area contributed by atoms with Crippen LogP contribution in [0.25, 0.3) is 11.3 Å². The molecule has 6 nitrogen and oxygen atoms in total. The number of rotatable bonds is 5. The van der Waals surface area contributed by atoms with Gasteiger partial charge in [0, 0.05) is 22.2 Å². The van der Waals surface area contributed by atoms with Gasteiger partial charge in [-0.25, -0.2) is 0 Å². The predicted molar refractivity (Wildman–Crippen MR) is 96.2 cm³/mol. The van der Waals surface area contributed by atoms with E-state index in [1.807, 2.05) is 36.4 Å². The Labute approximate surface area is 146 Å². The lowest BCUT2D eigenvalue weighted by atomic mass is 10.2. The van der Waals surface area contributed by atoms with E-state index in [1.54, 1.807) is 18.3 Å². The van der Waals surface area contributed by atoms with Gasteiger partial charge in [-0.15, -0.1) is 0 Å². The maximum atomic E-state index is 10.6. The molecule has 0 saturated heterocycles. The smallest absolute Gasteiger partial charge is 0.269 e. The third-order valence-electron chi connectivity index (χ3n) is 3.22. The Morgan fingerprint density at radius 2 is 1.75 bits per heavy atom. The van der Waals surface area contributed by atoms with E-state index in [2.05, 4.69) is 26.5 Å². The molecule has 24 heavy (non-hydrogen) atoms. The highest BCUT2D eigenvalue weighted by molar-refractivity contribution is 9.10. The molecule has 120 valence electrons. The minimum Gasteiger partial charge on any atom is -0.455 e. The second-order valence-electron chi connectivity index (χ2n) is 4.88. The van der Waals surface area contributed by atoms with E-state index in [9.17, 15) is 10.1 Å². The fraction of sp³-hybridized carbons (Fsp3) is 0. The van der Waals surface area contributed by atoms with Crippen molar-refractivity contribution in [2.24, 2.45) is 5.10 Å². The van der Waals surface area contributed by atoms with Gasteiger partial charge in [0.25, 0.3) is 5.69 Å². The summed E-state index contributed by atoms with van der Waals surface area (Å²) in [6.45, 7) is 0. The van der Waals surface area contributed by atoms with Crippen LogP contribution in [0.3, 0.4) is 0 Å². The number of nitrogens with one attached hydrogen (secondary N) is 1. The van der Waals surface area contributed by atoms with Gasteiger partial charge in [0.1, 0.15) is 11.5 Å². The number of nitro benzene ring substituents is 1. The van der Waals surface area contributed by atoms with Crippen molar-refractivity contribution in [3.8, 4) is 11.3 Å². The number of non-ortho nitro benzene ring substituents is 1. The van der Waals surface area contributed by atoms with Gasteiger partial charge in [-0.1, -0.05) is 28.1 Å². The number of hydrazone groups is 1. The quantitative estimate of drug-likeness (QED) is 0.377. The SMILES string of the molecule is O=[N+]([O-])c1ccc(N/N=C\c2ccc(-c3ccc(Br)cc3)o2)cc1. The second-order valence-corrected chi connectivity index (χ2v) is 5.80. The van der Waals surface area contributed by atoms with E-state index < -0.39 is 4.92 Å². The number of nitrogens with zero attached hydrogens (tertiary/aromatic N) is 2. The van der Waals surface area contributed by atoms with Crippen molar-refractivity contribution < 1.29 is 9.34 Å². The highest BCUT2D eigenvalue weighted by atomic mass is 79.9. The van der Waals surface area contributed by atoms with Crippen molar-refractivity contribution in [1.82, 2.24) is 0 Å². The maximum absolute atomic E-state index is 10.6. The average molecular weight is 386 g/mol. The first-order chi connectivity index (χ1) is 11.6. The average Bonchev–Trinajstić information content (AvgIpc) is 3.05. The molecule has 0 aliphatic carbocycles. The minimum atomic E-state index is -0.445. The molecule has 7 heteroatoms. The van der Waals surface area contributed by atoms with Gasteiger partial charge in [-0.2, -0.15) is 5.10 Å². The summed E-state index contributed by atoms with van der Waals surface area (Å²) >= 11 is 3.39. The van der Waals surface area contributed by atoms with E-state index in [-0.39, 0.29) is 5.69 Å². The van der Waals surface area contributed by atoms with Crippen LogP contribution in [0, 0.1) is 10.1 Å². The molecule has 0 fully saturated rings. The normalized spacial score (nSPS) is 10.9. The van der Waals surface area contributed by atoms with Crippen molar-refractivity contribution in [2.45, 2.75) is 0 Å². The summed E-state index contributed by atoms with van der Waals surface area (Å²) in [5.41, 5.74) is 4.46. The molecule has 0 radical (unpaired) electrons. The summed E-state index contributed by atoms with van der Waals surface area (Å²) in [5, 5.41) is 14.7. The number of anilines is 1. The Morgan fingerprint density at radius 3 is 2.42 bits per heavy atom. The Morgan fingerprint density at radius 1 is 1.04 bits per heavy atom. The monoisotopic (exact) mass is 385 g/mol. The fourth-order valence-corrected chi connectivity index (χ4v) is 2.28. The molecule has 3 rings (SSSR count). The van der Waals surface area contributed by atoms with E-state index in [0.29, 0.717) is 11.4 Å². The maximum Gasteiger partial charge on any atom is 0.269 e. The lowest BCUT2D eigenvalue weighted by Gasteiger charge is -1.98. The lowest BCUT2D eigenvalue weighted by Crippen LogP contribution is -1.91. The molecule has 1 N–H and O–H groups in total. The van der Waals surface area contributed by atoms with Crippen LogP contribution in [0.2, 0.25) is 0 Å². The Balaban J connectivity index is 1.65. The predicted octanol–water partition coefficient (Wildman–Crippen LogP) is 5.06. The summed E-state index contributed by atoms with van der Waals surface area (Å²) in [6, 6.07) is 17.5. The van der Waals surface area contributed by atoms with Crippen molar-refractivity contribution in [3.63, 3.8) is 0 Å². The molecule has 3 aromatic rings. The standard InChI is InChI=1S/C17H12BrN3O3/c18-13-3-1-12(2-4-13)17-10-9-16(24-17)11-19-20-14-5-7-15(8-6-14)21(22)23/h1-11,20H/b19-11-. The fourth-order valence-electron chi connectivity index (χ4n) is 2.02. The van der Waals surface area contributed by atoms with Gasteiger partial charge in [-0.05, 0) is 36.4 Å². The van der Waals surface area contributed by atoms with Crippen LogP contribution < -0.4 is 5.43 Å². The van der Waals surface area contributed by atoms with E-state index in [1.165, 1.54) is 12.1 Å². The van der Waals surface area contributed by atoms with Gasteiger partial charge >= 0.3 is 0 Å². The Hall–Kier alpha value is -2.93. The van der Waals surface area contributed by atoms with Crippen LogP contribution in [-0.4, -0.2) is 11.1 Å².